The first-order valence-electron chi connectivity index (χ1n) is 8.37. The number of carbonyl (C=O) groups is 1. The molecule has 1 aromatic rings. The van der Waals surface area contributed by atoms with Gasteiger partial charge in [-0.15, -0.1) is 0 Å². The molecule has 1 N–H and O–H groups in total. The number of hydrogen-bond donors (Lipinski definition) is 1. The van der Waals surface area contributed by atoms with Gasteiger partial charge in [0.25, 0.3) is 0 Å². The van der Waals surface area contributed by atoms with E-state index in [-0.39, 0.29) is 29.5 Å². The van der Waals surface area contributed by atoms with Crippen molar-refractivity contribution in [3.05, 3.63) is 36.2 Å². The second kappa shape index (κ2) is 7.44. The van der Waals surface area contributed by atoms with Crippen LogP contribution in [0.25, 0.3) is 6.08 Å². The molecular weight excluding hydrogens is 326 g/mol. The Bertz CT molecular complexity index is 697. The fourth-order valence-corrected chi connectivity index (χ4v) is 5.41. The van der Waals surface area contributed by atoms with Crippen molar-refractivity contribution in [3.63, 3.8) is 0 Å². The number of nitrogens with zero attached hydrogens (tertiary/aromatic N) is 2. The highest BCUT2D eigenvalue weighted by molar-refractivity contribution is 7.91. The molecule has 0 saturated carbocycles. The van der Waals surface area contributed by atoms with Crippen LogP contribution < -0.4 is 5.32 Å². The standard InChI is InChI=1S/C17H23N3O3S/c21-17(5-4-14-6-8-18-9-7-14)19-15-12-24(22,23)13-16(15)20-10-2-1-3-11-20/h4-9,15-16H,1-3,10-13H2,(H,19,21). The molecule has 1 aromatic heterocycles. The van der Waals surface area contributed by atoms with Gasteiger partial charge in [0.15, 0.2) is 9.84 Å². The first kappa shape index (κ1) is 17.1. The Labute approximate surface area is 142 Å². The van der Waals surface area contributed by atoms with Gasteiger partial charge in [-0.2, -0.15) is 0 Å². The van der Waals surface area contributed by atoms with Crippen LogP contribution >= 0.6 is 0 Å². The molecule has 2 unspecified atom stereocenters. The summed E-state index contributed by atoms with van der Waals surface area (Å²) < 4.78 is 24.1. The molecule has 1 amide bonds. The Morgan fingerprint density at radius 1 is 1.17 bits per heavy atom. The molecule has 3 heterocycles. The number of sulfone groups is 1. The summed E-state index contributed by atoms with van der Waals surface area (Å²) in [6, 6.07) is 3.18. The second-order valence-electron chi connectivity index (χ2n) is 6.47. The van der Waals surface area contributed by atoms with Crippen molar-refractivity contribution in [2.24, 2.45) is 0 Å². The van der Waals surface area contributed by atoms with Crippen molar-refractivity contribution in [1.29, 1.82) is 0 Å². The molecule has 2 aliphatic heterocycles. The first-order chi connectivity index (χ1) is 11.5. The highest BCUT2D eigenvalue weighted by atomic mass is 32.2. The van der Waals surface area contributed by atoms with Gasteiger partial charge in [0.2, 0.25) is 5.91 Å². The minimum Gasteiger partial charge on any atom is -0.347 e. The lowest BCUT2D eigenvalue weighted by molar-refractivity contribution is -0.117. The zero-order chi connectivity index (χ0) is 17.0. The summed E-state index contributed by atoms with van der Waals surface area (Å²) in [5.74, 6) is -0.0782. The maximum absolute atomic E-state index is 12.2. The number of pyridine rings is 1. The predicted octanol–water partition coefficient (Wildman–Crippen LogP) is 0.862. The van der Waals surface area contributed by atoms with Crippen LogP contribution in [0.5, 0.6) is 0 Å². The molecule has 0 aliphatic carbocycles. The number of carbonyl (C=O) groups excluding carboxylic acids is 1. The number of amides is 1. The topological polar surface area (TPSA) is 79.4 Å². The summed E-state index contributed by atoms with van der Waals surface area (Å²) in [4.78, 5) is 18.3. The zero-order valence-corrected chi connectivity index (χ0v) is 14.4. The van der Waals surface area contributed by atoms with Gasteiger partial charge < -0.3 is 5.32 Å². The molecule has 2 saturated heterocycles. The molecule has 0 aromatic carbocycles. The summed E-state index contributed by atoms with van der Waals surface area (Å²) in [7, 11) is -3.10. The van der Waals surface area contributed by atoms with E-state index >= 15 is 0 Å². The van der Waals surface area contributed by atoms with Gasteiger partial charge in [-0.3, -0.25) is 14.7 Å². The van der Waals surface area contributed by atoms with Gasteiger partial charge in [0, 0.05) is 24.5 Å². The third kappa shape index (κ3) is 4.42. The van der Waals surface area contributed by atoms with Gasteiger partial charge >= 0.3 is 0 Å². The van der Waals surface area contributed by atoms with Crippen LogP contribution in [-0.2, 0) is 14.6 Å². The van der Waals surface area contributed by atoms with E-state index in [0.717, 1.165) is 31.5 Å². The minimum absolute atomic E-state index is 0.0308. The highest BCUT2D eigenvalue weighted by Crippen LogP contribution is 2.22. The van der Waals surface area contributed by atoms with Crippen LogP contribution in [-0.4, -0.2) is 60.9 Å². The first-order valence-corrected chi connectivity index (χ1v) is 10.2. The molecule has 24 heavy (non-hydrogen) atoms. The van der Waals surface area contributed by atoms with Gasteiger partial charge in [0.1, 0.15) is 0 Å². The molecule has 0 bridgehead atoms. The zero-order valence-electron chi connectivity index (χ0n) is 13.6. The molecule has 2 atom stereocenters. The second-order valence-corrected chi connectivity index (χ2v) is 8.62. The van der Waals surface area contributed by atoms with Crippen LogP contribution in [0.2, 0.25) is 0 Å². The van der Waals surface area contributed by atoms with E-state index in [4.69, 9.17) is 0 Å². The largest absolute Gasteiger partial charge is 0.347 e. The van der Waals surface area contributed by atoms with Gasteiger partial charge in [0.05, 0.1) is 17.5 Å². The van der Waals surface area contributed by atoms with Gasteiger partial charge in [-0.1, -0.05) is 6.42 Å². The maximum Gasteiger partial charge on any atom is 0.244 e. The van der Waals surface area contributed by atoms with Crippen LogP contribution in [0.15, 0.2) is 30.6 Å². The summed E-state index contributed by atoms with van der Waals surface area (Å²) >= 11 is 0. The molecular formula is C17H23N3O3S. The Balaban J connectivity index is 1.65. The van der Waals surface area contributed by atoms with Crippen molar-refractivity contribution in [2.75, 3.05) is 24.6 Å². The minimum atomic E-state index is -3.10. The molecule has 130 valence electrons. The quantitative estimate of drug-likeness (QED) is 0.816. The Morgan fingerprint density at radius 2 is 1.88 bits per heavy atom. The number of piperidine rings is 1. The van der Waals surface area contributed by atoms with Gasteiger partial charge in [-0.25, -0.2) is 8.42 Å². The fourth-order valence-electron chi connectivity index (χ4n) is 3.45. The van der Waals surface area contributed by atoms with E-state index < -0.39 is 9.84 Å². The van der Waals surface area contributed by atoms with E-state index in [1.165, 1.54) is 12.5 Å². The number of hydrogen-bond acceptors (Lipinski definition) is 5. The van der Waals surface area contributed by atoms with E-state index in [1.807, 2.05) is 0 Å². The Kier molecular flexibility index (Phi) is 5.30. The molecule has 3 rings (SSSR count). The SMILES string of the molecule is O=C(C=Cc1ccncc1)NC1CS(=O)(=O)CC1N1CCCCC1. The summed E-state index contributed by atoms with van der Waals surface area (Å²) in [6.45, 7) is 1.83. The maximum atomic E-state index is 12.2. The lowest BCUT2D eigenvalue weighted by Gasteiger charge is -2.34. The lowest BCUT2D eigenvalue weighted by atomic mass is 10.0. The lowest BCUT2D eigenvalue weighted by Crippen LogP contribution is -2.52. The summed E-state index contributed by atoms with van der Waals surface area (Å²) in [6.07, 6.45) is 9.87. The normalized spacial score (nSPS) is 27.3. The Hall–Kier alpha value is -1.73. The number of rotatable bonds is 4. The monoisotopic (exact) mass is 349 g/mol. The molecule has 6 nitrogen and oxygen atoms in total. The van der Waals surface area contributed by atoms with E-state index in [0.29, 0.717) is 0 Å². The van der Waals surface area contributed by atoms with Crippen LogP contribution in [0, 0.1) is 0 Å². The third-order valence-electron chi connectivity index (χ3n) is 4.64. The third-order valence-corrected chi connectivity index (χ3v) is 6.36. The van der Waals surface area contributed by atoms with Crippen molar-refractivity contribution >= 4 is 21.8 Å². The molecule has 2 aliphatic rings. The molecule has 2 fully saturated rings. The molecule has 0 radical (unpaired) electrons. The highest BCUT2D eigenvalue weighted by Gasteiger charge is 2.41. The van der Waals surface area contributed by atoms with Gasteiger partial charge in [-0.05, 0) is 49.7 Å². The Morgan fingerprint density at radius 3 is 2.58 bits per heavy atom. The molecule has 7 heteroatoms. The van der Waals surface area contributed by atoms with Crippen LogP contribution in [0.1, 0.15) is 24.8 Å². The fraction of sp³-hybridized carbons (Fsp3) is 0.529. The van der Waals surface area contributed by atoms with Crippen LogP contribution in [0.3, 0.4) is 0 Å². The van der Waals surface area contributed by atoms with E-state index in [1.54, 1.807) is 30.6 Å². The number of likely N-dealkylation sites (tertiary alicyclic amines) is 1. The number of nitrogens with one attached hydrogen (secondary N) is 1. The van der Waals surface area contributed by atoms with E-state index in [9.17, 15) is 13.2 Å². The average Bonchev–Trinajstić information content (AvgIpc) is 2.89. The summed E-state index contributed by atoms with van der Waals surface area (Å²) in [5.41, 5.74) is 0.881. The van der Waals surface area contributed by atoms with Crippen molar-refractivity contribution in [2.45, 2.75) is 31.3 Å². The van der Waals surface area contributed by atoms with Crippen molar-refractivity contribution in [1.82, 2.24) is 15.2 Å². The summed E-state index contributed by atoms with van der Waals surface area (Å²) in [5, 5.41) is 2.89. The predicted molar refractivity (Wildman–Crippen MR) is 93.1 cm³/mol. The average molecular weight is 349 g/mol. The smallest absolute Gasteiger partial charge is 0.244 e. The van der Waals surface area contributed by atoms with Crippen LogP contribution in [0.4, 0.5) is 0 Å². The van der Waals surface area contributed by atoms with Crippen molar-refractivity contribution in [3.8, 4) is 0 Å². The van der Waals surface area contributed by atoms with E-state index in [2.05, 4.69) is 15.2 Å². The number of aromatic nitrogens is 1. The molecule has 0 spiro atoms. The van der Waals surface area contributed by atoms with Crippen molar-refractivity contribution < 1.29 is 13.2 Å².